The predicted octanol–water partition coefficient (Wildman–Crippen LogP) is 3.58. The third-order valence-electron chi connectivity index (χ3n) is 7.66. The number of ether oxygens (including phenoxy) is 2. The Labute approximate surface area is 199 Å². The van der Waals surface area contributed by atoms with E-state index in [9.17, 15) is 9.90 Å². The van der Waals surface area contributed by atoms with E-state index in [2.05, 4.69) is 28.2 Å². The molecule has 1 aromatic heterocycles. The van der Waals surface area contributed by atoms with Gasteiger partial charge in [0.25, 0.3) is 0 Å². The van der Waals surface area contributed by atoms with Gasteiger partial charge >= 0.3 is 0 Å². The second-order valence-electron chi connectivity index (χ2n) is 9.84. The van der Waals surface area contributed by atoms with Crippen molar-refractivity contribution < 1.29 is 19.4 Å². The van der Waals surface area contributed by atoms with Crippen LogP contribution in [0.4, 0.5) is 5.82 Å². The summed E-state index contributed by atoms with van der Waals surface area (Å²) in [6.07, 6.45) is 5.03. The van der Waals surface area contributed by atoms with Gasteiger partial charge in [0.2, 0.25) is 5.91 Å². The Hall–Kier alpha value is -1.77. The van der Waals surface area contributed by atoms with Gasteiger partial charge in [-0.15, -0.1) is 0 Å². The summed E-state index contributed by atoms with van der Waals surface area (Å²) in [4.78, 5) is 19.4. The van der Waals surface area contributed by atoms with Crippen LogP contribution in [-0.4, -0.2) is 72.1 Å². The van der Waals surface area contributed by atoms with Crippen LogP contribution in [0.1, 0.15) is 44.1 Å². The summed E-state index contributed by atoms with van der Waals surface area (Å²) in [6.45, 7) is 6.08. The van der Waals surface area contributed by atoms with E-state index in [1.165, 1.54) is 0 Å². The first-order valence-electron chi connectivity index (χ1n) is 11.9. The number of aromatic nitrogens is 1. The maximum absolute atomic E-state index is 12.6. The maximum atomic E-state index is 12.6. The zero-order valence-corrected chi connectivity index (χ0v) is 19.8. The number of hydrogen-bond donors (Lipinski definition) is 2. The van der Waals surface area contributed by atoms with Crippen molar-refractivity contribution in [3.8, 4) is 0 Å². The third-order valence-corrected chi connectivity index (χ3v) is 7.99. The minimum atomic E-state index is -0.445. The number of carbonyl (C=O) groups excluding carboxylic acids is 1. The molecule has 3 fully saturated rings. The molecule has 0 unspecified atom stereocenters. The normalized spacial score (nSPS) is 29.4. The van der Waals surface area contributed by atoms with Gasteiger partial charge in [0.05, 0.1) is 37.4 Å². The van der Waals surface area contributed by atoms with Crippen molar-refractivity contribution in [2.75, 3.05) is 44.8 Å². The Bertz CT molecular complexity index is 1020. The molecule has 178 valence electrons. The van der Waals surface area contributed by atoms with E-state index < -0.39 is 6.10 Å². The predicted molar refractivity (Wildman–Crippen MR) is 128 cm³/mol. The lowest BCUT2D eigenvalue weighted by molar-refractivity contribution is -0.123. The fourth-order valence-corrected chi connectivity index (χ4v) is 5.72. The van der Waals surface area contributed by atoms with Crippen LogP contribution in [0.3, 0.4) is 0 Å². The topological polar surface area (TPSA) is 83.9 Å². The number of benzene rings is 1. The van der Waals surface area contributed by atoms with Gasteiger partial charge in [0.1, 0.15) is 5.82 Å². The molecule has 0 radical (unpaired) electrons. The molecule has 5 rings (SSSR count). The molecule has 0 aliphatic carbocycles. The number of piperidine rings is 1. The number of hydrogen-bond acceptors (Lipinski definition) is 6. The third kappa shape index (κ3) is 4.62. The number of fused-ring (bicyclic) bond motifs is 1. The Balaban J connectivity index is 1.30. The molecule has 0 bridgehead atoms. The summed E-state index contributed by atoms with van der Waals surface area (Å²) in [6, 6.07) is 6.05. The van der Waals surface area contributed by atoms with Gasteiger partial charge in [-0.05, 0) is 80.8 Å². The van der Waals surface area contributed by atoms with Crippen LogP contribution < -0.4 is 5.32 Å². The number of rotatable bonds is 4. The van der Waals surface area contributed by atoms with Gasteiger partial charge in [-0.2, -0.15) is 0 Å². The van der Waals surface area contributed by atoms with Gasteiger partial charge in [-0.25, -0.2) is 4.98 Å². The second-order valence-corrected chi connectivity index (χ2v) is 10.3. The van der Waals surface area contributed by atoms with E-state index in [0.717, 1.165) is 66.7 Å². The molecule has 4 heterocycles. The summed E-state index contributed by atoms with van der Waals surface area (Å²) in [7, 11) is 0. The standard InChI is InChI=1S/C25H32ClN3O4/c1-25(15-33-14-22(25)30)29-6-4-16(5-7-29)20-9-18-11-23(27-12-19(18)10-21(20)26)28-24(31)17-3-2-8-32-13-17/h9-12,16-17,22,30H,2-8,13-15H2,1H3,(H,27,28,31)/t17-,22-,25+/m0/s1. The molecule has 1 amide bonds. The van der Waals surface area contributed by atoms with Crippen LogP contribution >= 0.6 is 11.6 Å². The van der Waals surface area contributed by atoms with Gasteiger partial charge in [-0.3, -0.25) is 9.69 Å². The summed E-state index contributed by atoms with van der Waals surface area (Å²) in [5, 5.41) is 16.1. The lowest BCUT2D eigenvalue weighted by atomic mass is 9.85. The van der Waals surface area contributed by atoms with E-state index in [1.54, 1.807) is 6.20 Å². The van der Waals surface area contributed by atoms with Crippen LogP contribution in [-0.2, 0) is 14.3 Å². The number of anilines is 1. The number of pyridine rings is 1. The van der Waals surface area contributed by atoms with Crippen LogP contribution in [0.2, 0.25) is 5.02 Å². The zero-order chi connectivity index (χ0) is 23.0. The van der Waals surface area contributed by atoms with Crippen molar-refractivity contribution in [3.63, 3.8) is 0 Å². The van der Waals surface area contributed by atoms with E-state index in [0.29, 0.717) is 31.6 Å². The first kappa shape index (κ1) is 23.0. The number of carbonyl (C=O) groups is 1. The summed E-state index contributed by atoms with van der Waals surface area (Å²) in [5.74, 6) is 0.763. The lowest BCUT2D eigenvalue weighted by Crippen LogP contribution is -2.56. The Morgan fingerprint density at radius 2 is 2.00 bits per heavy atom. The van der Waals surface area contributed by atoms with Crippen molar-refractivity contribution in [2.45, 2.75) is 50.2 Å². The average molecular weight is 474 g/mol. The molecule has 3 aliphatic rings. The molecule has 3 atom stereocenters. The number of aliphatic hydroxyl groups is 1. The summed E-state index contributed by atoms with van der Waals surface area (Å²) < 4.78 is 11.0. The van der Waals surface area contributed by atoms with Crippen molar-refractivity contribution in [3.05, 3.63) is 35.0 Å². The SMILES string of the molecule is C[C@@]1(N2CCC(c3cc4cc(NC(=O)[C@H]5CCCOC5)ncc4cc3Cl)CC2)COC[C@@H]1O. The highest BCUT2D eigenvalue weighted by atomic mass is 35.5. The van der Waals surface area contributed by atoms with Crippen LogP contribution in [0.15, 0.2) is 24.4 Å². The number of nitrogens with one attached hydrogen (secondary N) is 1. The Morgan fingerprint density at radius 3 is 2.70 bits per heavy atom. The van der Waals surface area contributed by atoms with Crippen molar-refractivity contribution in [1.82, 2.24) is 9.88 Å². The van der Waals surface area contributed by atoms with Crippen molar-refractivity contribution in [2.24, 2.45) is 5.92 Å². The van der Waals surface area contributed by atoms with Crippen molar-refractivity contribution >= 4 is 34.1 Å². The smallest absolute Gasteiger partial charge is 0.230 e. The minimum absolute atomic E-state index is 0.0327. The largest absolute Gasteiger partial charge is 0.389 e. The monoisotopic (exact) mass is 473 g/mol. The molecule has 1 aromatic carbocycles. The first-order chi connectivity index (χ1) is 15.9. The number of nitrogens with zero attached hydrogens (tertiary/aromatic N) is 2. The van der Waals surface area contributed by atoms with E-state index >= 15 is 0 Å². The fraction of sp³-hybridized carbons (Fsp3) is 0.600. The second kappa shape index (κ2) is 9.47. The average Bonchev–Trinajstić information content (AvgIpc) is 3.18. The molecule has 3 saturated heterocycles. The van der Waals surface area contributed by atoms with Gasteiger partial charge in [0, 0.05) is 23.2 Å². The highest BCUT2D eigenvalue weighted by Crippen LogP contribution is 2.38. The van der Waals surface area contributed by atoms with Crippen LogP contribution in [0.5, 0.6) is 0 Å². The van der Waals surface area contributed by atoms with Gasteiger partial charge in [0.15, 0.2) is 0 Å². The highest BCUT2D eigenvalue weighted by molar-refractivity contribution is 6.32. The molecule has 2 aromatic rings. The summed E-state index contributed by atoms with van der Waals surface area (Å²) >= 11 is 6.69. The van der Waals surface area contributed by atoms with Gasteiger partial charge < -0.3 is 19.9 Å². The van der Waals surface area contributed by atoms with E-state index in [1.807, 2.05) is 12.1 Å². The quantitative estimate of drug-likeness (QED) is 0.706. The molecule has 0 spiro atoms. The number of likely N-dealkylation sites (tertiary alicyclic amines) is 1. The molecule has 3 aliphatic heterocycles. The summed E-state index contributed by atoms with van der Waals surface area (Å²) in [5.41, 5.74) is 0.835. The van der Waals surface area contributed by atoms with Crippen molar-refractivity contribution in [1.29, 1.82) is 0 Å². The molecule has 7 nitrogen and oxygen atoms in total. The zero-order valence-electron chi connectivity index (χ0n) is 19.1. The first-order valence-corrected chi connectivity index (χ1v) is 12.3. The highest BCUT2D eigenvalue weighted by Gasteiger charge is 2.45. The number of aliphatic hydroxyl groups excluding tert-OH is 1. The Kier molecular flexibility index (Phi) is 6.60. The van der Waals surface area contributed by atoms with E-state index in [-0.39, 0.29) is 17.4 Å². The molecular weight excluding hydrogens is 442 g/mol. The molecule has 2 N–H and O–H groups in total. The minimum Gasteiger partial charge on any atom is -0.389 e. The molecule has 33 heavy (non-hydrogen) atoms. The molecule has 0 saturated carbocycles. The molecule has 8 heteroatoms. The molecular formula is C25H32ClN3O4. The van der Waals surface area contributed by atoms with Gasteiger partial charge in [-0.1, -0.05) is 11.6 Å². The lowest BCUT2D eigenvalue weighted by Gasteiger charge is -2.43. The van der Waals surface area contributed by atoms with E-state index in [4.69, 9.17) is 21.1 Å². The van der Waals surface area contributed by atoms with Crippen LogP contribution in [0.25, 0.3) is 10.8 Å². The Morgan fingerprint density at radius 1 is 1.18 bits per heavy atom. The number of amides is 1. The maximum Gasteiger partial charge on any atom is 0.230 e. The van der Waals surface area contributed by atoms with Crippen LogP contribution in [0, 0.1) is 5.92 Å². The number of halogens is 1. The fourth-order valence-electron chi connectivity index (χ4n) is 5.40.